The summed E-state index contributed by atoms with van der Waals surface area (Å²) < 4.78 is 0. The standard InChI is InChI=1S/C26H30N6/c1-3-13-27-16-24-26(30-18-29-24)21-10-7-19(8-11-21)5-6-20-9-12-22-23(15-20)32-25(31-22)17-28-14-4-2/h7-12,15,18,27-28H,3-4,13-14,16-17H2,1-2H3,(H,29,30)(H,31,32). The Hall–Kier alpha value is -3.40. The molecule has 4 aromatic rings. The predicted molar refractivity (Wildman–Crippen MR) is 130 cm³/mol. The summed E-state index contributed by atoms with van der Waals surface area (Å²) in [6.07, 6.45) is 3.98. The number of hydrogen-bond acceptors (Lipinski definition) is 4. The zero-order valence-corrected chi connectivity index (χ0v) is 18.8. The van der Waals surface area contributed by atoms with Crippen LogP contribution in [-0.4, -0.2) is 33.0 Å². The average molecular weight is 427 g/mol. The Kier molecular flexibility index (Phi) is 7.34. The molecule has 0 aliphatic rings. The van der Waals surface area contributed by atoms with Crippen molar-refractivity contribution in [3.05, 3.63) is 71.4 Å². The number of benzene rings is 2. The number of nitrogens with one attached hydrogen (secondary N) is 4. The van der Waals surface area contributed by atoms with E-state index in [4.69, 9.17) is 0 Å². The minimum Gasteiger partial charge on any atom is -0.347 e. The van der Waals surface area contributed by atoms with Gasteiger partial charge in [0.2, 0.25) is 0 Å². The molecule has 0 bridgehead atoms. The van der Waals surface area contributed by atoms with Crippen LogP contribution in [0.4, 0.5) is 0 Å². The van der Waals surface area contributed by atoms with Crippen molar-refractivity contribution in [2.45, 2.75) is 39.8 Å². The fourth-order valence-electron chi connectivity index (χ4n) is 3.56. The van der Waals surface area contributed by atoms with Gasteiger partial charge in [0.1, 0.15) is 5.82 Å². The summed E-state index contributed by atoms with van der Waals surface area (Å²) in [5.74, 6) is 7.49. The highest BCUT2D eigenvalue weighted by Crippen LogP contribution is 2.21. The molecule has 4 rings (SSSR count). The van der Waals surface area contributed by atoms with Crippen LogP contribution in [0, 0.1) is 11.8 Å². The van der Waals surface area contributed by atoms with Crippen LogP contribution in [0.1, 0.15) is 49.3 Å². The van der Waals surface area contributed by atoms with E-state index in [0.717, 1.165) is 84.0 Å². The molecule has 0 saturated heterocycles. The molecule has 4 N–H and O–H groups in total. The molecule has 0 aliphatic heterocycles. The summed E-state index contributed by atoms with van der Waals surface area (Å²) >= 11 is 0. The van der Waals surface area contributed by atoms with E-state index in [9.17, 15) is 0 Å². The first-order chi connectivity index (χ1) is 15.8. The highest BCUT2D eigenvalue weighted by molar-refractivity contribution is 5.77. The molecule has 0 aliphatic carbocycles. The maximum Gasteiger partial charge on any atom is 0.121 e. The van der Waals surface area contributed by atoms with Crippen LogP contribution >= 0.6 is 0 Å². The summed E-state index contributed by atoms with van der Waals surface area (Å²) in [6, 6.07) is 14.4. The van der Waals surface area contributed by atoms with E-state index in [1.807, 2.05) is 24.3 Å². The lowest BCUT2D eigenvalue weighted by Crippen LogP contribution is -2.14. The molecule has 2 aromatic carbocycles. The Morgan fingerprint density at radius 2 is 1.59 bits per heavy atom. The molecule has 0 fully saturated rings. The van der Waals surface area contributed by atoms with Crippen LogP contribution in [0.2, 0.25) is 0 Å². The third-order valence-electron chi connectivity index (χ3n) is 5.21. The average Bonchev–Trinajstić information content (AvgIpc) is 3.45. The van der Waals surface area contributed by atoms with Gasteiger partial charge in [-0.3, -0.25) is 0 Å². The van der Waals surface area contributed by atoms with Crippen molar-refractivity contribution in [2.24, 2.45) is 0 Å². The molecule has 0 atom stereocenters. The minimum absolute atomic E-state index is 0.752. The van der Waals surface area contributed by atoms with Crippen molar-refractivity contribution >= 4 is 11.0 Å². The Morgan fingerprint density at radius 3 is 2.38 bits per heavy atom. The number of H-pyrrole nitrogens is 2. The van der Waals surface area contributed by atoms with Crippen molar-refractivity contribution < 1.29 is 0 Å². The molecule has 0 radical (unpaired) electrons. The van der Waals surface area contributed by atoms with Gasteiger partial charge < -0.3 is 20.6 Å². The highest BCUT2D eigenvalue weighted by atomic mass is 15.0. The number of aromatic amines is 2. The van der Waals surface area contributed by atoms with Crippen LogP contribution in [-0.2, 0) is 13.1 Å². The van der Waals surface area contributed by atoms with Crippen LogP contribution in [0.15, 0.2) is 48.8 Å². The van der Waals surface area contributed by atoms with E-state index in [-0.39, 0.29) is 0 Å². The summed E-state index contributed by atoms with van der Waals surface area (Å²) in [6.45, 7) is 7.85. The van der Waals surface area contributed by atoms with Crippen LogP contribution < -0.4 is 10.6 Å². The summed E-state index contributed by atoms with van der Waals surface area (Å²) in [5.41, 5.74) is 7.11. The molecule has 0 amide bonds. The van der Waals surface area contributed by atoms with E-state index >= 15 is 0 Å². The fourth-order valence-corrected chi connectivity index (χ4v) is 3.56. The molecule has 2 aromatic heterocycles. The lowest BCUT2D eigenvalue weighted by Gasteiger charge is -2.04. The van der Waals surface area contributed by atoms with Gasteiger partial charge in [0.15, 0.2) is 0 Å². The molecular formula is C26H30N6. The van der Waals surface area contributed by atoms with E-state index in [0.29, 0.717) is 0 Å². The molecule has 6 nitrogen and oxygen atoms in total. The summed E-state index contributed by atoms with van der Waals surface area (Å²) in [5, 5.41) is 6.79. The van der Waals surface area contributed by atoms with Crippen molar-refractivity contribution in [1.29, 1.82) is 0 Å². The minimum atomic E-state index is 0.752. The maximum atomic E-state index is 4.63. The quantitative estimate of drug-likeness (QED) is 0.237. The lowest BCUT2D eigenvalue weighted by molar-refractivity contribution is 0.656. The molecule has 0 spiro atoms. The molecule has 2 heterocycles. The van der Waals surface area contributed by atoms with Gasteiger partial charge in [-0.05, 0) is 56.3 Å². The zero-order chi connectivity index (χ0) is 22.2. The van der Waals surface area contributed by atoms with E-state index in [1.54, 1.807) is 6.33 Å². The fraction of sp³-hybridized carbons (Fsp3) is 0.308. The third kappa shape index (κ3) is 5.44. The van der Waals surface area contributed by atoms with Gasteiger partial charge in [0.25, 0.3) is 0 Å². The Labute approximate surface area is 189 Å². The van der Waals surface area contributed by atoms with Crippen molar-refractivity contribution in [2.75, 3.05) is 13.1 Å². The number of rotatable bonds is 9. The first kappa shape index (κ1) is 21.8. The van der Waals surface area contributed by atoms with E-state index < -0.39 is 0 Å². The number of hydrogen-bond donors (Lipinski definition) is 4. The van der Waals surface area contributed by atoms with Gasteiger partial charge in [0.05, 0.1) is 35.3 Å². The molecule has 0 saturated carbocycles. The second-order valence-corrected chi connectivity index (χ2v) is 7.83. The topological polar surface area (TPSA) is 81.4 Å². The molecule has 32 heavy (non-hydrogen) atoms. The highest BCUT2D eigenvalue weighted by Gasteiger charge is 2.08. The van der Waals surface area contributed by atoms with E-state index in [1.165, 1.54) is 0 Å². The smallest absolute Gasteiger partial charge is 0.121 e. The second-order valence-electron chi connectivity index (χ2n) is 7.83. The second kappa shape index (κ2) is 10.8. The van der Waals surface area contributed by atoms with Crippen LogP contribution in [0.5, 0.6) is 0 Å². The van der Waals surface area contributed by atoms with Crippen molar-refractivity contribution in [1.82, 2.24) is 30.6 Å². The van der Waals surface area contributed by atoms with Gasteiger partial charge >= 0.3 is 0 Å². The Balaban J connectivity index is 1.45. The van der Waals surface area contributed by atoms with Gasteiger partial charge in [-0.2, -0.15) is 0 Å². The molecular weight excluding hydrogens is 396 g/mol. The van der Waals surface area contributed by atoms with Crippen molar-refractivity contribution in [3.8, 4) is 23.1 Å². The molecule has 0 unspecified atom stereocenters. The SMILES string of the molecule is CCCNCc1nc2ccc(C#Cc3ccc(-c4nc[nH]c4CNCCC)cc3)cc2[nH]1. The van der Waals surface area contributed by atoms with Crippen LogP contribution in [0.25, 0.3) is 22.3 Å². The van der Waals surface area contributed by atoms with Gasteiger partial charge in [-0.25, -0.2) is 9.97 Å². The largest absolute Gasteiger partial charge is 0.347 e. The predicted octanol–water partition coefficient (Wildman–Crippen LogP) is 4.35. The number of fused-ring (bicyclic) bond motifs is 1. The monoisotopic (exact) mass is 426 g/mol. The molecule has 164 valence electrons. The first-order valence-electron chi connectivity index (χ1n) is 11.3. The van der Waals surface area contributed by atoms with Gasteiger partial charge in [-0.1, -0.05) is 37.8 Å². The Morgan fingerprint density at radius 1 is 0.875 bits per heavy atom. The number of aromatic nitrogens is 4. The molecule has 6 heteroatoms. The third-order valence-corrected chi connectivity index (χ3v) is 5.21. The Bertz CT molecular complexity index is 1210. The van der Waals surface area contributed by atoms with E-state index in [2.05, 4.69) is 74.5 Å². The normalized spacial score (nSPS) is 10.9. The summed E-state index contributed by atoms with van der Waals surface area (Å²) in [7, 11) is 0. The maximum absolute atomic E-state index is 4.63. The zero-order valence-electron chi connectivity index (χ0n) is 18.8. The lowest BCUT2D eigenvalue weighted by atomic mass is 10.1. The van der Waals surface area contributed by atoms with Crippen molar-refractivity contribution in [3.63, 3.8) is 0 Å². The number of imidazole rings is 2. The van der Waals surface area contributed by atoms with Crippen LogP contribution in [0.3, 0.4) is 0 Å². The summed E-state index contributed by atoms with van der Waals surface area (Å²) in [4.78, 5) is 15.8. The van der Waals surface area contributed by atoms with Gasteiger partial charge in [-0.15, -0.1) is 0 Å². The number of nitrogens with zero attached hydrogens (tertiary/aromatic N) is 2. The van der Waals surface area contributed by atoms with Gasteiger partial charge in [0, 0.05) is 23.2 Å². The first-order valence-corrected chi connectivity index (χ1v) is 11.3.